The second-order valence-corrected chi connectivity index (χ2v) is 4.94. The Morgan fingerprint density at radius 3 is 2.37 bits per heavy atom. The zero-order valence-electron chi connectivity index (χ0n) is 11.3. The van der Waals surface area contributed by atoms with Crippen molar-refractivity contribution in [3.05, 3.63) is 34.9 Å². The van der Waals surface area contributed by atoms with Gasteiger partial charge in [0.1, 0.15) is 0 Å². The van der Waals surface area contributed by atoms with Crippen LogP contribution >= 0.6 is 11.6 Å². The van der Waals surface area contributed by atoms with Gasteiger partial charge in [-0.15, -0.1) is 0 Å². The third-order valence-electron chi connectivity index (χ3n) is 3.18. The Kier molecular flexibility index (Phi) is 4.95. The molecule has 1 atom stereocenters. The molecule has 0 aliphatic heterocycles. The first-order valence-corrected chi connectivity index (χ1v) is 6.50. The van der Waals surface area contributed by atoms with Crippen molar-refractivity contribution in [1.82, 2.24) is 4.90 Å². The smallest absolute Gasteiger partial charge is 0.334 e. The molecule has 19 heavy (non-hydrogen) atoms. The highest BCUT2D eigenvalue weighted by atomic mass is 35.5. The first-order chi connectivity index (χ1) is 8.85. The highest BCUT2D eigenvalue weighted by Crippen LogP contribution is 2.34. The summed E-state index contributed by atoms with van der Waals surface area (Å²) in [7, 11) is 0. The van der Waals surface area contributed by atoms with Crippen LogP contribution in [0, 0.1) is 0 Å². The summed E-state index contributed by atoms with van der Waals surface area (Å²) in [5, 5.41) is 9.95. The van der Waals surface area contributed by atoms with Crippen LogP contribution in [0.15, 0.2) is 24.3 Å². The molecular formula is C14H18ClNO3. The van der Waals surface area contributed by atoms with Crippen molar-refractivity contribution in [1.29, 1.82) is 0 Å². The summed E-state index contributed by atoms with van der Waals surface area (Å²) in [4.78, 5) is 24.9. The lowest BCUT2D eigenvalue weighted by atomic mass is 9.89. The van der Waals surface area contributed by atoms with E-state index in [1.807, 2.05) is 6.92 Å². The van der Waals surface area contributed by atoms with E-state index in [1.54, 1.807) is 24.3 Å². The average Bonchev–Trinajstić information content (AvgIpc) is 2.35. The highest BCUT2D eigenvalue weighted by Gasteiger charge is 2.43. The summed E-state index contributed by atoms with van der Waals surface area (Å²) in [5.74, 6) is -1.38. The largest absolute Gasteiger partial charge is 0.479 e. The minimum absolute atomic E-state index is 0.285. The van der Waals surface area contributed by atoms with Crippen LogP contribution in [0.2, 0.25) is 5.02 Å². The molecule has 104 valence electrons. The maximum Gasteiger partial charge on any atom is 0.334 e. The summed E-state index contributed by atoms with van der Waals surface area (Å²) in [6.45, 7) is 5.13. The van der Waals surface area contributed by atoms with Crippen molar-refractivity contribution in [2.45, 2.75) is 32.7 Å². The Labute approximate surface area is 118 Å². The molecular weight excluding hydrogens is 266 g/mol. The lowest BCUT2D eigenvalue weighted by molar-refractivity contribution is -0.158. The number of carbonyl (C=O) groups excluding carboxylic acids is 1. The van der Waals surface area contributed by atoms with Crippen molar-refractivity contribution in [3.8, 4) is 0 Å². The van der Waals surface area contributed by atoms with E-state index in [0.29, 0.717) is 23.6 Å². The van der Waals surface area contributed by atoms with Gasteiger partial charge in [0.25, 0.3) is 0 Å². The number of nitrogens with zero attached hydrogens (tertiary/aromatic N) is 1. The average molecular weight is 284 g/mol. The molecule has 1 aromatic rings. The van der Waals surface area contributed by atoms with Crippen LogP contribution in [0.3, 0.4) is 0 Å². The maximum atomic E-state index is 11.8. The quantitative estimate of drug-likeness (QED) is 0.904. The number of carboxylic acid groups (broad SMARTS) is 1. The molecule has 1 amide bonds. The molecule has 0 saturated heterocycles. The summed E-state index contributed by atoms with van der Waals surface area (Å²) in [6.07, 6.45) is 0.674. The fourth-order valence-corrected chi connectivity index (χ4v) is 2.47. The molecule has 0 radical (unpaired) electrons. The number of carbonyl (C=O) groups is 2. The van der Waals surface area contributed by atoms with Crippen LogP contribution in [0.4, 0.5) is 0 Å². The molecule has 5 heteroatoms. The van der Waals surface area contributed by atoms with Crippen molar-refractivity contribution in [3.63, 3.8) is 0 Å². The van der Waals surface area contributed by atoms with Crippen molar-refractivity contribution < 1.29 is 14.7 Å². The number of hydrogen-bond acceptors (Lipinski definition) is 2. The van der Waals surface area contributed by atoms with E-state index >= 15 is 0 Å². The topological polar surface area (TPSA) is 57.6 Å². The monoisotopic (exact) mass is 283 g/mol. The first-order valence-electron chi connectivity index (χ1n) is 6.12. The summed E-state index contributed by atoms with van der Waals surface area (Å²) >= 11 is 6.10. The van der Waals surface area contributed by atoms with E-state index in [9.17, 15) is 14.7 Å². The Balaban J connectivity index is 3.43. The summed E-state index contributed by atoms with van der Waals surface area (Å²) < 4.78 is 0. The molecule has 0 bridgehead atoms. The van der Waals surface area contributed by atoms with Gasteiger partial charge in [0.15, 0.2) is 5.54 Å². The zero-order chi connectivity index (χ0) is 14.6. The number of aliphatic carboxylic acids is 1. The van der Waals surface area contributed by atoms with E-state index in [1.165, 1.54) is 18.7 Å². The second-order valence-electron chi connectivity index (χ2n) is 4.53. The minimum atomic E-state index is -1.46. The van der Waals surface area contributed by atoms with Gasteiger partial charge in [0.05, 0.1) is 0 Å². The SMILES string of the molecule is CCCN(C(C)=O)C(C)(C(=O)O)c1ccccc1Cl. The van der Waals surface area contributed by atoms with Gasteiger partial charge in [-0.05, 0) is 19.4 Å². The fraction of sp³-hybridized carbons (Fsp3) is 0.429. The van der Waals surface area contributed by atoms with Crippen LogP contribution in [0.25, 0.3) is 0 Å². The molecule has 0 fully saturated rings. The van der Waals surface area contributed by atoms with E-state index in [2.05, 4.69) is 0 Å². The van der Waals surface area contributed by atoms with Crippen LogP contribution in [-0.2, 0) is 15.1 Å². The molecule has 1 rings (SSSR count). The number of amides is 1. The van der Waals surface area contributed by atoms with Gasteiger partial charge in [0.2, 0.25) is 5.91 Å². The Morgan fingerprint density at radius 1 is 1.37 bits per heavy atom. The number of benzene rings is 1. The van der Waals surface area contributed by atoms with Gasteiger partial charge in [0, 0.05) is 24.1 Å². The number of rotatable bonds is 5. The van der Waals surface area contributed by atoms with E-state index in [-0.39, 0.29) is 5.91 Å². The first kappa shape index (κ1) is 15.5. The van der Waals surface area contributed by atoms with Gasteiger partial charge in [-0.1, -0.05) is 36.7 Å². The van der Waals surface area contributed by atoms with Crippen LogP contribution < -0.4 is 0 Å². The van der Waals surface area contributed by atoms with Crippen LogP contribution in [0.1, 0.15) is 32.8 Å². The Bertz CT molecular complexity index is 489. The third kappa shape index (κ3) is 2.89. The fourth-order valence-electron chi connectivity index (χ4n) is 2.15. The predicted octanol–water partition coefficient (Wildman–Crippen LogP) is 2.90. The standard InChI is InChI=1S/C14H18ClNO3/c1-4-9-16(10(2)17)14(3,13(18)19)11-7-5-6-8-12(11)15/h5-8H,4,9H2,1-3H3,(H,18,19). The number of carboxylic acids is 1. The van der Waals surface area contributed by atoms with E-state index in [4.69, 9.17) is 11.6 Å². The molecule has 0 heterocycles. The van der Waals surface area contributed by atoms with Gasteiger partial charge in [-0.25, -0.2) is 4.79 Å². The molecule has 0 spiro atoms. The molecule has 4 nitrogen and oxygen atoms in total. The normalized spacial score (nSPS) is 13.7. The van der Waals surface area contributed by atoms with Crippen molar-refractivity contribution >= 4 is 23.5 Å². The molecule has 1 N–H and O–H groups in total. The van der Waals surface area contributed by atoms with Crippen molar-refractivity contribution in [2.75, 3.05) is 6.54 Å². The van der Waals surface area contributed by atoms with Crippen LogP contribution in [-0.4, -0.2) is 28.4 Å². The Morgan fingerprint density at radius 2 is 1.95 bits per heavy atom. The Hall–Kier alpha value is -1.55. The third-order valence-corrected chi connectivity index (χ3v) is 3.51. The molecule has 0 aliphatic rings. The zero-order valence-corrected chi connectivity index (χ0v) is 12.1. The number of halogens is 1. The van der Waals surface area contributed by atoms with Gasteiger partial charge >= 0.3 is 5.97 Å². The molecule has 1 aromatic carbocycles. The van der Waals surface area contributed by atoms with Gasteiger partial charge in [-0.2, -0.15) is 0 Å². The lowest BCUT2D eigenvalue weighted by Gasteiger charge is -2.38. The van der Waals surface area contributed by atoms with Crippen LogP contribution in [0.5, 0.6) is 0 Å². The molecule has 1 unspecified atom stereocenters. The van der Waals surface area contributed by atoms with Crippen molar-refractivity contribution in [2.24, 2.45) is 0 Å². The lowest BCUT2D eigenvalue weighted by Crippen LogP contribution is -2.52. The highest BCUT2D eigenvalue weighted by molar-refractivity contribution is 6.31. The summed E-state index contributed by atoms with van der Waals surface area (Å²) in [6, 6.07) is 6.71. The van der Waals surface area contributed by atoms with E-state index in [0.717, 1.165) is 0 Å². The van der Waals surface area contributed by atoms with Gasteiger partial charge < -0.3 is 10.0 Å². The van der Waals surface area contributed by atoms with Gasteiger partial charge in [-0.3, -0.25) is 4.79 Å². The molecule has 0 aliphatic carbocycles. The minimum Gasteiger partial charge on any atom is -0.479 e. The molecule has 0 aromatic heterocycles. The van der Waals surface area contributed by atoms with E-state index < -0.39 is 11.5 Å². The number of hydrogen-bond donors (Lipinski definition) is 1. The predicted molar refractivity (Wildman–Crippen MR) is 74.1 cm³/mol. The maximum absolute atomic E-state index is 11.8. The second kappa shape index (κ2) is 6.06. The summed E-state index contributed by atoms with van der Waals surface area (Å²) in [5.41, 5.74) is -1.03. The molecule has 0 saturated carbocycles.